The average molecular weight is 273 g/mol. The first kappa shape index (κ1) is 13.4. The van der Waals surface area contributed by atoms with E-state index >= 15 is 0 Å². The predicted octanol–water partition coefficient (Wildman–Crippen LogP) is 1.81. The largest absolute Gasteiger partial charge is 0.371 e. The molecule has 0 aromatic heterocycles. The Hall–Kier alpha value is -1.55. The molecule has 0 saturated carbocycles. The summed E-state index contributed by atoms with van der Waals surface area (Å²) in [6, 6.07) is 9.05. The number of fused-ring (bicyclic) bond motifs is 1. The Kier molecular flexibility index (Phi) is 3.66. The van der Waals surface area contributed by atoms with Crippen LogP contribution in [0.4, 0.5) is 5.69 Å². The Bertz CT molecular complexity index is 483. The van der Waals surface area contributed by atoms with Crippen LogP contribution in [-0.2, 0) is 4.79 Å². The van der Waals surface area contributed by atoms with E-state index in [9.17, 15) is 4.79 Å². The zero-order valence-electron chi connectivity index (χ0n) is 12.0. The van der Waals surface area contributed by atoms with Crippen molar-refractivity contribution in [3.63, 3.8) is 0 Å². The summed E-state index contributed by atoms with van der Waals surface area (Å²) < 4.78 is 0. The second kappa shape index (κ2) is 5.44. The van der Waals surface area contributed by atoms with E-state index < -0.39 is 0 Å². The van der Waals surface area contributed by atoms with Gasteiger partial charge in [-0.05, 0) is 43.4 Å². The number of piperidine rings is 2. The van der Waals surface area contributed by atoms with Gasteiger partial charge in [-0.25, -0.2) is 0 Å². The highest BCUT2D eigenvalue weighted by atomic mass is 16.1. The number of carbonyl (C=O) groups is 1. The lowest BCUT2D eigenvalue weighted by Crippen LogP contribution is -2.54. The molecular formula is C16H23N3O. The molecule has 3 atom stereocenters. The molecule has 0 spiro atoms. The molecule has 2 aliphatic heterocycles. The maximum Gasteiger partial charge on any atom is 0.220 e. The van der Waals surface area contributed by atoms with Crippen molar-refractivity contribution in [2.75, 3.05) is 18.0 Å². The molecule has 2 heterocycles. The van der Waals surface area contributed by atoms with Gasteiger partial charge >= 0.3 is 0 Å². The van der Waals surface area contributed by atoms with Crippen molar-refractivity contribution >= 4 is 11.6 Å². The Morgan fingerprint density at radius 3 is 2.75 bits per heavy atom. The minimum absolute atomic E-state index is 0.0864. The summed E-state index contributed by atoms with van der Waals surface area (Å²) in [6.45, 7) is 4.06. The van der Waals surface area contributed by atoms with Crippen LogP contribution in [-0.4, -0.2) is 25.0 Å². The lowest BCUT2D eigenvalue weighted by Gasteiger charge is -2.42. The number of nitrogens with zero attached hydrogens (tertiary/aromatic N) is 1. The topological polar surface area (TPSA) is 58.4 Å². The van der Waals surface area contributed by atoms with E-state index in [1.807, 2.05) is 6.92 Å². The van der Waals surface area contributed by atoms with Crippen LogP contribution in [0.15, 0.2) is 24.3 Å². The smallest absolute Gasteiger partial charge is 0.220 e. The van der Waals surface area contributed by atoms with Crippen molar-refractivity contribution in [1.29, 1.82) is 0 Å². The van der Waals surface area contributed by atoms with Gasteiger partial charge in [0.25, 0.3) is 0 Å². The van der Waals surface area contributed by atoms with Crippen molar-refractivity contribution in [3.05, 3.63) is 29.8 Å². The van der Waals surface area contributed by atoms with E-state index in [1.165, 1.54) is 11.3 Å². The molecule has 108 valence electrons. The zero-order chi connectivity index (χ0) is 14.1. The zero-order valence-corrected chi connectivity index (χ0v) is 12.0. The third-order valence-corrected chi connectivity index (χ3v) is 4.61. The first-order chi connectivity index (χ1) is 9.63. The fraction of sp³-hybridized carbons (Fsp3) is 0.562. The molecule has 3 rings (SSSR count). The SMILES string of the molecule is C[C@@H](N)c1ccc(N2CCC3NC(=O)CCC3C2)cc1. The standard InChI is InChI=1S/C16H23N3O/c1-11(17)12-2-5-14(6-3-12)19-9-8-15-13(10-19)4-7-16(20)18-15/h2-3,5-6,11,13,15H,4,7-10,17H2,1H3,(H,18,20)/t11-,13?,15?/m1/s1. The number of amides is 1. The number of nitrogens with one attached hydrogen (secondary N) is 1. The number of hydrogen-bond donors (Lipinski definition) is 2. The lowest BCUT2D eigenvalue weighted by atomic mass is 9.85. The van der Waals surface area contributed by atoms with Gasteiger partial charge < -0.3 is 16.0 Å². The number of carbonyl (C=O) groups excluding carboxylic acids is 1. The number of benzene rings is 1. The van der Waals surface area contributed by atoms with Crippen LogP contribution in [0.3, 0.4) is 0 Å². The molecule has 2 fully saturated rings. The minimum atomic E-state index is 0.0864. The molecule has 1 aromatic carbocycles. The van der Waals surface area contributed by atoms with Gasteiger partial charge in [-0.1, -0.05) is 12.1 Å². The van der Waals surface area contributed by atoms with Crippen LogP contribution in [0.25, 0.3) is 0 Å². The Morgan fingerprint density at radius 2 is 2.05 bits per heavy atom. The first-order valence-corrected chi connectivity index (χ1v) is 7.53. The summed E-state index contributed by atoms with van der Waals surface area (Å²) >= 11 is 0. The maximum absolute atomic E-state index is 11.4. The molecule has 2 aliphatic rings. The predicted molar refractivity (Wildman–Crippen MR) is 80.5 cm³/mol. The van der Waals surface area contributed by atoms with Gasteiger partial charge in [0.05, 0.1) is 0 Å². The van der Waals surface area contributed by atoms with Crippen LogP contribution in [0, 0.1) is 5.92 Å². The normalized spacial score (nSPS) is 27.7. The molecule has 1 aromatic rings. The highest BCUT2D eigenvalue weighted by Gasteiger charge is 2.33. The Labute approximate surface area is 120 Å². The van der Waals surface area contributed by atoms with Gasteiger partial charge in [-0.3, -0.25) is 4.79 Å². The molecule has 3 N–H and O–H groups in total. The number of anilines is 1. The number of nitrogens with two attached hydrogens (primary N) is 1. The molecule has 2 unspecified atom stereocenters. The van der Waals surface area contributed by atoms with Gasteiger partial charge in [0.15, 0.2) is 0 Å². The fourth-order valence-electron chi connectivity index (χ4n) is 3.33. The van der Waals surface area contributed by atoms with E-state index in [4.69, 9.17) is 5.73 Å². The third-order valence-electron chi connectivity index (χ3n) is 4.61. The molecule has 4 nitrogen and oxygen atoms in total. The molecule has 0 radical (unpaired) electrons. The van der Waals surface area contributed by atoms with Crippen LogP contribution in [0.5, 0.6) is 0 Å². The van der Waals surface area contributed by atoms with Crippen molar-refractivity contribution in [2.24, 2.45) is 11.7 Å². The van der Waals surface area contributed by atoms with Gasteiger partial charge in [-0.15, -0.1) is 0 Å². The first-order valence-electron chi connectivity index (χ1n) is 7.53. The van der Waals surface area contributed by atoms with Crippen LogP contribution in [0.2, 0.25) is 0 Å². The van der Waals surface area contributed by atoms with E-state index in [1.54, 1.807) is 0 Å². The van der Waals surface area contributed by atoms with Crippen molar-refractivity contribution < 1.29 is 4.79 Å². The molecule has 0 bridgehead atoms. The molecule has 20 heavy (non-hydrogen) atoms. The molecule has 4 heteroatoms. The summed E-state index contributed by atoms with van der Waals surface area (Å²) in [5.74, 6) is 0.815. The molecule has 1 amide bonds. The second-order valence-corrected chi connectivity index (χ2v) is 6.09. The summed E-state index contributed by atoms with van der Waals surface area (Å²) in [5.41, 5.74) is 8.33. The fourth-order valence-corrected chi connectivity index (χ4v) is 3.33. The van der Waals surface area contributed by atoms with Crippen LogP contribution in [0.1, 0.15) is 37.8 Å². The highest BCUT2D eigenvalue weighted by molar-refractivity contribution is 5.77. The van der Waals surface area contributed by atoms with Crippen molar-refractivity contribution in [2.45, 2.75) is 38.3 Å². The van der Waals surface area contributed by atoms with Gasteiger partial charge in [0, 0.05) is 37.3 Å². The molecule has 2 saturated heterocycles. The third kappa shape index (κ3) is 2.66. The average Bonchev–Trinajstić information content (AvgIpc) is 2.47. The van der Waals surface area contributed by atoms with Crippen LogP contribution < -0.4 is 16.0 Å². The summed E-state index contributed by atoms with van der Waals surface area (Å²) in [6.07, 6.45) is 2.75. The number of hydrogen-bond acceptors (Lipinski definition) is 3. The number of rotatable bonds is 2. The van der Waals surface area contributed by atoms with E-state index in [2.05, 4.69) is 34.5 Å². The summed E-state index contributed by atoms with van der Waals surface area (Å²) in [4.78, 5) is 13.9. The van der Waals surface area contributed by atoms with Gasteiger partial charge in [-0.2, -0.15) is 0 Å². The Morgan fingerprint density at radius 1 is 1.30 bits per heavy atom. The minimum Gasteiger partial charge on any atom is -0.371 e. The monoisotopic (exact) mass is 273 g/mol. The molecule has 0 aliphatic carbocycles. The quantitative estimate of drug-likeness (QED) is 0.864. The summed E-state index contributed by atoms with van der Waals surface area (Å²) in [7, 11) is 0. The van der Waals surface area contributed by atoms with Gasteiger partial charge in [0.1, 0.15) is 0 Å². The maximum atomic E-state index is 11.4. The van der Waals surface area contributed by atoms with Crippen molar-refractivity contribution in [1.82, 2.24) is 5.32 Å². The molecular weight excluding hydrogens is 250 g/mol. The summed E-state index contributed by atoms with van der Waals surface area (Å²) in [5, 5.41) is 3.13. The van der Waals surface area contributed by atoms with Crippen molar-refractivity contribution in [3.8, 4) is 0 Å². The lowest BCUT2D eigenvalue weighted by molar-refractivity contribution is -0.124. The van der Waals surface area contributed by atoms with Gasteiger partial charge in [0.2, 0.25) is 5.91 Å². The van der Waals surface area contributed by atoms with E-state index in [-0.39, 0.29) is 11.9 Å². The van der Waals surface area contributed by atoms with Crippen LogP contribution >= 0.6 is 0 Å². The van der Waals surface area contributed by atoms with E-state index in [0.717, 1.165) is 25.9 Å². The highest BCUT2D eigenvalue weighted by Crippen LogP contribution is 2.29. The van der Waals surface area contributed by atoms with E-state index in [0.29, 0.717) is 18.4 Å². The second-order valence-electron chi connectivity index (χ2n) is 6.09. The Balaban J connectivity index is 1.68.